The van der Waals surface area contributed by atoms with Crippen LogP contribution in [0.1, 0.15) is 18.6 Å². The van der Waals surface area contributed by atoms with Crippen LogP contribution < -0.4 is 5.32 Å². The summed E-state index contributed by atoms with van der Waals surface area (Å²) in [5.41, 5.74) is 0. The summed E-state index contributed by atoms with van der Waals surface area (Å²) in [5.74, 6) is 1.50. The van der Waals surface area contributed by atoms with Crippen LogP contribution in [0.2, 0.25) is 0 Å². The zero-order valence-electron chi connectivity index (χ0n) is 14.8. The van der Waals surface area contributed by atoms with Crippen LogP contribution in [0.5, 0.6) is 0 Å². The Morgan fingerprint density at radius 2 is 2.44 bits per heavy atom. The smallest absolute Gasteiger partial charge is 0.317 e. The molecule has 0 unspecified atom stereocenters. The summed E-state index contributed by atoms with van der Waals surface area (Å²) in [6, 6.07) is 3.93. The lowest BCUT2D eigenvalue weighted by atomic mass is 9.98. The van der Waals surface area contributed by atoms with Crippen molar-refractivity contribution in [1.82, 2.24) is 24.7 Å². The third-order valence-electron chi connectivity index (χ3n) is 4.70. The van der Waals surface area contributed by atoms with E-state index in [1.165, 1.54) is 0 Å². The molecule has 0 bridgehead atoms. The van der Waals surface area contributed by atoms with Gasteiger partial charge < -0.3 is 19.2 Å². The number of imidazole rings is 1. The summed E-state index contributed by atoms with van der Waals surface area (Å²) in [6.07, 6.45) is 9.46. The van der Waals surface area contributed by atoms with Crippen LogP contribution >= 0.6 is 0 Å². The number of furan rings is 1. The number of nitrogens with one attached hydrogen (secondary N) is 1. The van der Waals surface area contributed by atoms with E-state index in [0.29, 0.717) is 12.5 Å². The molecule has 25 heavy (non-hydrogen) atoms. The first-order valence-corrected chi connectivity index (χ1v) is 8.90. The molecular weight excluding hydrogens is 318 g/mol. The lowest BCUT2D eigenvalue weighted by Gasteiger charge is -2.32. The fraction of sp³-hybridized carbons (Fsp3) is 0.556. The summed E-state index contributed by atoms with van der Waals surface area (Å²) >= 11 is 0. The predicted octanol–water partition coefficient (Wildman–Crippen LogP) is 2.03. The van der Waals surface area contributed by atoms with Crippen molar-refractivity contribution < 1.29 is 9.21 Å². The maximum Gasteiger partial charge on any atom is 0.317 e. The van der Waals surface area contributed by atoms with Crippen molar-refractivity contribution in [2.45, 2.75) is 25.9 Å². The van der Waals surface area contributed by atoms with Crippen LogP contribution in [0.3, 0.4) is 0 Å². The molecule has 1 aliphatic rings. The average molecular weight is 345 g/mol. The van der Waals surface area contributed by atoms with Crippen LogP contribution in [0.25, 0.3) is 0 Å². The second-order valence-corrected chi connectivity index (χ2v) is 6.73. The van der Waals surface area contributed by atoms with Crippen molar-refractivity contribution in [2.75, 3.05) is 33.2 Å². The van der Waals surface area contributed by atoms with Crippen molar-refractivity contribution in [3.05, 3.63) is 42.9 Å². The molecule has 136 valence electrons. The number of likely N-dealkylation sites (tertiary alicyclic amines) is 1. The number of carbonyl (C=O) groups excluding carboxylic acids is 1. The Balaban J connectivity index is 1.37. The van der Waals surface area contributed by atoms with Gasteiger partial charge in [-0.2, -0.15) is 0 Å². The quantitative estimate of drug-likeness (QED) is 0.834. The summed E-state index contributed by atoms with van der Waals surface area (Å²) in [4.78, 5) is 20.4. The molecule has 1 saturated heterocycles. The molecule has 2 amide bonds. The molecule has 1 atom stereocenters. The van der Waals surface area contributed by atoms with Crippen LogP contribution in [0, 0.1) is 5.92 Å². The monoisotopic (exact) mass is 345 g/mol. The zero-order chi connectivity index (χ0) is 17.5. The lowest BCUT2D eigenvalue weighted by Crippen LogP contribution is -2.44. The zero-order valence-corrected chi connectivity index (χ0v) is 14.8. The Kier molecular flexibility index (Phi) is 6.11. The van der Waals surface area contributed by atoms with E-state index < -0.39 is 0 Å². The summed E-state index contributed by atoms with van der Waals surface area (Å²) in [7, 11) is 1.83. The van der Waals surface area contributed by atoms with Crippen molar-refractivity contribution in [2.24, 2.45) is 5.92 Å². The van der Waals surface area contributed by atoms with Gasteiger partial charge in [0, 0.05) is 45.6 Å². The highest BCUT2D eigenvalue weighted by molar-refractivity contribution is 5.73. The van der Waals surface area contributed by atoms with Crippen LogP contribution in [0.15, 0.2) is 41.5 Å². The van der Waals surface area contributed by atoms with Crippen molar-refractivity contribution >= 4 is 6.03 Å². The second-order valence-electron chi connectivity index (χ2n) is 6.73. The van der Waals surface area contributed by atoms with Gasteiger partial charge in [-0.3, -0.25) is 4.90 Å². The summed E-state index contributed by atoms with van der Waals surface area (Å²) < 4.78 is 7.40. The Morgan fingerprint density at radius 3 is 3.20 bits per heavy atom. The molecule has 3 heterocycles. The topological polar surface area (TPSA) is 66.5 Å². The number of amides is 2. The minimum atomic E-state index is -0.0109. The van der Waals surface area contributed by atoms with Gasteiger partial charge in [0.2, 0.25) is 0 Å². The lowest BCUT2D eigenvalue weighted by molar-refractivity contribution is 0.152. The van der Waals surface area contributed by atoms with Gasteiger partial charge in [-0.1, -0.05) is 0 Å². The Labute approximate surface area is 148 Å². The Hall–Kier alpha value is -2.28. The van der Waals surface area contributed by atoms with Gasteiger partial charge in [0.05, 0.1) is 19.1 Å². The molecular formula is C18H27N5O2. The molecule has 0 aliphatic carbocycles. The van der Waals surface area contributed by atoms with Crippen LogP contribution in [-0.4, -0.2) is 58.6 Å². The predicted molar refractivity (Wildman–Crippen MR) is 95.0 cm³/mol. The maximum absolute atomic E-state index is 12.2. The number of rotatable bonds is 7. The third kappa shape index (κ3) is 5.35. The first kappa shape index (κ1) is 17.5. The van der Waals surface area contributed by atoms with Crippen LogP contribution in [-0.2, 0) is 13.1 Å². The van der Waals surface area contributed by atoms with Gasteiger partial charge in [0.25, 0.3) is 0 Å². The molecule has 0 aromatic carbocycles. The fourth-order valence-corrected chi connectivity index (χ4v) is 3.24. The summed E-state index contributed by atoms with van der Waals surface area (Å²) in [6.45, 7) is 5.09. The molecule has 0 spiro atoms. The van der Waals surface area contributed by atoms with E-state index in [1.807, 2.05) is 29.9 Å². The Morgan fingerprint density at radius 1 is 1.52 bits per heavy atom. The van der Waals surface area contributed by atoms with Crippen molar-refractivity contribution in [1.29, 1.82) is 0 Å². The van der Waals surface area contributed by atoms with E-state index in [0.717, 1.165) is 51.3 Å². The van der Waals surface area contributed by atoms with Gasteiger partial charge >= 0.3 is 6.03 Å². The number of hydrogen-bond acceptors (Lipinski definition) is 4. The van der Waals surface area contributed by atoms with E-state index in [1.54, 1.807) is 23.7 Å². The molecule has 0 saturated carbocycles. The van der Waals surface area contributed by atoms with Crippen molar-refractivity contribution in [3.63, 3.8) is 0 Å². The first-order valence-electron chi connectivity index (χ1n) is 8.90. The highest BCUT2D eigenvalue weighted by Gasteiger charge is 2.21. The first-order chi connectivity index (χ1) is 12.2. The highest BCUT2D eigenvalue weighted by Crippen LogP contribution is 2.18. The number of likely N-dealkylation sites (N-methyl/N-ethyl adjacent to an activating group) is 1. The largest absolute Gasteiger partial charge is 0.468 e. The van der Waals surface area contributed by atoms with E-state index in [4.69, 9.17) is 4.42 Å². The number of aromatic nitrogens is 2. The van der Waals surface area contributed by atoms with Crippen molar-refractivity contribution in [3.8, 4) is 0 Å². The molecule has 7 nitrogen and oxygen atoms in total. The minimum absolute atomic E-state index is 0.0109. The minimum Gasteiger partial charge on any atom is -0.468 e. The molecule has 2 aromatic heterocycles. The second kappa shape index (κ2) is 8.71. The number of carbonyl (C=O) groups is 1. The number of piperidine rings is 1. The van der Waals surface area contributed by atoms with E-state index in [9.17, 15) is 4.79 Å². The molecule has 1 N–H and O–H groups in total. The van der Waals surface area contributed by atoms with E-state index in [-0.39, 0.29) is 6.03 Å². The SMILES string of the molecule is CN(CCn1ccnc1)C(=O)NC[C@@H]1CCCN(Cc2ccco2)C1. The highest BCUT2D eigenvalue weighted by atomic mass is 16.3. The molecule has 0 radical (unpaired) electrons. The summed E-state index contributed by atoms with van der Waals surface area (Å²) in [5, 5.41) is 3.07. The molecule has 7 heteroatoms. The van der Waals surface area contributed by atoms with Gasteiger partial charge in [-0.25, -0.2) is 9.78 Å². The van der Waals surface area contributed by atoms with Gasteiger partial charge in [0.15, 0.2) is 0 Å². The number of urea groups is 1. The average Bonchev–Trinajstić information content (AvgIpc) is 3.31. The van der Waals surface area contributed by atoms with Crippen LogP contribution in [0.4, 0.5) is 4.79 Å². The third-order valence-corrected chi connectivity index (χ3v) is 4.70. The number of nitrogens with zero attached hydrogens (tertiary/aromatic N) is 4. The van der Waals surface area contributed by atoms with Gasteiger partial charge in [-0.05, 0) is 37.4 Å². The number of hydrogen-bond donors (Lipinski definition) is 1. The van der Waals surface area contributed by atoms with Gasteiger partial charge in [-0.15, -0.1) is 0 Å². The van der Waals surface area contributed by atoms with E-state index in [2.05, 4.69) is 15.2 Å². The molecule has 3 rings (SSSR count). The molecule has 1 fully saturated rings. The normalized spacial score (nSPS) is 18.2. The van der Waals surface area contributed by atoms with Gasteiger partial charge in [0.1, 0.15) is 5.76 Å². The fourth-order valence-electron chi connectivity index (χ4n) is 3.24. The Bertz CT molecular complexity index is 626. The molecule has 1 aliphatic heterocycles. The van der Waals surface area contributed by atoms with E-state index >= 15 is 0 Å². The molecule has 2 aromatic rings. The maximum atomic E-state index is 12.2. The standard InChI is InChI=1S/C18H27N5O2/c1-21(9-10-22-8-6-19-15-22)18(24)20-12-16-4-2-7-23(13-16)14-17-5-3-11-25-17/h3,5-6,8,11,15-16H,2,4,7,9-10,12-14H2,1H3,(H,20,24)/t16-/m0/s1.